The Hall–Kier alpha value is -0.980. The van der Waals surface area contributed by atoms with Gasteiger partial charge < -0.3 is 5.32 Å². The Morgan fingerprint density at radius 3 is 2.50 bits per heavy atom. The molecule has 0 atom stereocenters. The molecule has 0 amide bonds. The molecule has 3 aromatic rings. The van der Waals surface area contributed by atoms with Crippen LogP contribution < -0.4 is 5.32 Å². The van der Waals surface area contributed by atoms with Crippen LogP contribution in [-0.2, 0) is 0 Å². The van der Waals surface area contributed by atoms with Gasteiger partial charge in [-0.2, -0.15) is 0 Å². The molecule has 0 spiro atoms. The number of pyridine rings is 2. The number of nitrogens with one attached hydrogen (secondary N) is 1. The molecule has 3 nitrogen and oxygen atoms in total. The SMILES string of the molecule is Brc1ccc(Nc2ccnc3cc(Br)cnc23)c(Br)c1. The molecule has 100 valence electrons. The van der Waals surface area contributed by atoms with Crippen LogP contribution in [0.5, 0.6) is 0 Å². The molecule has 0 radical (unpaired) electrons. The zero-order valence-electron chi connectivity index (χ0n) is 10.1. The highest BCUT2D eigenvalue weighted by atomic mass is 79.9. The first kappa shape index (κ1) is 14.0. The summed E-state index contributed by atoms with van der Waals surface area (Å²) in [5, 5.41) is 3.38. The Balaban J connectivity index is 2.06. The molecule has 6 heteroatoms. The lowest BCUT2D eigenvalue weighted by Crippen LogP contribution is -1.95. The number of aromatic nitrogens is 2. The summed E-state index contributed by atoms with van der Waals surface area (Å²) in [6, 6.07) is 9.84. The molecule has 0 aliphatic rings. The van der Waals surface area contributed by atoms with Gasteiger partial charge in [0.25, 0.3) is 0 Å². The first-order chi connectivity index (χ1) is 9.63. The van der Waals surface area contributed by atoms with Crippen LogP contribution in [0.3, 0.4) is 0 Å². The second-order valence-corrected chi connectivity index (χ2v) is 6.81. The van der Waals surface area contributed by atoms with Gasteiger partial charge in [-0.3, -0.25) is 9.97 Å². The van der Waals surface area contributed by atoms with Gasteiger partial charge in [-0.1, -0.05) is 15.9 Å². The number of hydrogen-bond acceptors (Lipinski definition) is 3. The Kier molecular flexibility index (Phi) is 4.05. The molecule has 0 fully saturated rings. The van der Waals surface area contributed by atoms with Crippen molar-refractivity contribution in [3.8, 4) is 0 Å². The highest BCUT2D eigenvalue weighted by Crippen LogP contribution is 2.31. The number of hydrogen-bond donors (Lipinski definition) is 1. The van der Waals surface area contributed by atoms with Crippen LogP contribution in [0.25, 0.3) is 11.0 Å². The predicted molar refractivity (Wildman–Crippen MR) is 92.4 cm³/mol. The van der Waals surface area contributed by atoms with Gasteiger partial charge in [-0.15, -0.1) is 0 Å². The molecule has 0 aliphatic heterocycles. The van der Waals surface area contributed by atoms with Gasteiger partial charge in [0.05, 0.1) is 16.9 Å². The lowest BCUT2D eigenvalue weighted by Gasteiger charge is -2.10. The Morgan fingerprint density at radius 2 is 1.70 bits per heavy atom. The van der Waals surface area contributed by atoms with E-state index in [9.17, 15) is 0 Å². The lowest BCUT2D eigenvalue weighted by molar-refractivity contribution is 1.32. The molecule has 20 heavy (non-hydrogen) atoms. The summed E-state index contributed by atoms with van der Waals surface area (Å²) >= 11 is 10.4. The highest BCUT2D eigenvalue weighted by Gasteiger charge is 2.06. The van der Waals surface area contributed by atoms with E-state index in [1.807, 2.05) is 30.3 Å². The van der Waals surface area contributed by atoms with E-state index in [4.69, 9.17) is 0 Å². The number of benzene rings is 1. The summed E-state index contributed by atoms with van der Waals surface area (Å²) in [5.41, 5.74) is 3.58. The Labute approximate surface area is 141 Å². The maximum atomic E-state index is 4.43. The second-order valence-electron chi connectivity index (χ2n) is 4.13. The van der Waals surface area contributed by atoms with E-state index >= 15 is 0 Å². The standard InChI is InChI=1S/C14H8Br3N3/c15-8-1-2-11(10(17)5-8)20-12-3-4-18-13-6-9(16)7-19-14(12)13/h1-7H,(H,18,20). The number of rotatable bonds is 2. The minimum atomic E-state index is 0.838. The summed E-state index contributed by atoms with van der Waals surface area (Å²) < 4.78 is 2.92. The van der Waals surface area contributed by atoms with Crippen LogP contribution in [0.15, 0.2) is 56.1 Å². The van der Waals surface area contributed by atoms with Gasteiger partial charge in [0.2, 0.25) is 0 Å². The minimum absolute atomic E-state index is 0.838. The van der Waals surface area contributed by atoms with Crippen molar-refractivity contribution >= 4 is 70.2 Å². The van der Waals surface area contributed by atoms with Crippen molar-refractivity contribution in [2.45, 2.75) is 0 Å². The molecular formula is C14H8Br3N3. The summed E-state index contributed by atoms with van der Waals surface area (Å²) in [4.78, 5) is 8.76. The van der Waals surface area contributed by atoms with E-state index in [1.165, 1.54) is 0 Å². The zero-order chi connectivity index (χ0) is 14.1. The molecular weight excluding hydrogens is 450 g/mol. The van der Waals surface area contributed by atoms with Gasteiger partial charge in [0.1, 0.15) is 5.52 Å². The first-order valence-electron chi connectivity index (χ1n) is 5.76. The third-order valence-electron chi connectivity index (χ3n) is 2.74. The number of nitrogens with zero attached hydrogens (tertiary/aromatic N) is 2. The fourth-order valence-electron chi connectivity index (χ4n) is 1.84. The molecule has 0 bridgehead atoms. The third kappa shape index (κ3) is 2.87. The minimum Gasteiger partial charge on any atom is -0.353 e. The van der Waals surface area contributed by atoms with Crippen molar-refractivity contribution in [1.82, 2.24) is 9.97 Å². The topological polar surface area (TPSA) is 37.8 Å². The maximum absolute atomic E-state index is 4.43. The molecule has 0 saturated carbocycles. The predicted octanol–water partition coefficient (Wildman–Crippen LogP) is 5.66. The van der Waals surface area contributed by atoms with E-state index < -0.39 is 0 Å². The summed E-state index contributed by atoms with van der Waals surface area (Å²) in [6.45, 7) is 0. The quantitative estimate of drug-likeness (QED) is 0.539. The first-order valence-corrected chi connectivity index (χ1v) is 8.14. The third-order valence-corrected chi connectivity index (χ3v) is 4.33. The fraction of sp³-hybridized carbons (Fsp3) is 0. The van der Waals surface area contributed by atoms with Gasteiger partial charge in [-0.25, -0.2) is 0 Å². The summed E-state index contributed by atoms with van der Waals surface area (Å²) in [7, 11) is 0. The largest absolute Gasteiger partial charge is 0.353 e. The summed E-state index contributed by atoms with van der Waals surface area (Å²) in [5.74, 6) is 0. The van der Waals surface area contributed by atoms with Crippen molar-refractivity contribution < 1.29 is 0 Å². The number of anilines is 2. The smallest absolute Gasteiger partial charge is 0.112 e. The van der Waals surface area contributed by atoms with Gasteiger partial charge in [-0.05, 0) is 62.2 Å². The van der Waals surface area contributed by atoms with Crippen LogP contribution in [0.1, 0.15) is 0 Å². The van der Waals surface area contributed by atoms with Crippen LogP contribution in [0.4, 0.5) is 11.4 Å². The summed E-state index contributed by atoms with van der Waals surface area (Å²) in [6.07, 6.45) is 3.54. The monoisotopic (exact) mass is 455 g/mol. The lowest BCUT2D eigenvalue weighted by atomic mass is 10.2. The van der Waals surface area contributed by atoms with Gasteiger partial charge in [0, 0.05) is 25.8 Å². The van der Waals surface area contributed by atoms with Crippen LogP contribution >= 0.6 is 47.8 Å². The van der Waals surface area contributed by atoms with Crippen molar-refractivity contribution in [2.24, 2.45) is 0 Å². The Morgan fingerprint density at radius 1 is 0.850 bits per heavy atom. The van der Waals surface area contributed by atoms with Crippen LogP contribution in [0.2, 0.25) is 0 Å². The maximum Gasteiger partial charge on any atom is 0.112 e. The zero-order valence-corrected chi connectivity index (χ0v) is 14.8. The van der Waals surface area contributed by atoms with Crippen molar-refractivity contribution in [2.75, 3.05) is 5.32 Å². The van der Waals surface area contributed by atoms with Crippen LogP contribution in [0, 0.1) is 0 Å². The molecule has 0 unspecified atom stereocenters. The van der Waals surface area contributed by atoms with E-state index in [1.54, 1.807) is 12.4 Å². The van der Waals surface area contributed by atoms with Gasteiger partial charge in [0.15, 0.2) is 0 Å². The molecule has 2 heterocycles. The fourth-order valence-corrected chi connectivity index (χ4v) is 3.31. The molecule has 0 saturated heterocycles. The van der Waals surface area contributed by atoms with E-state index in [0.717, 1.165) is 35.8 Å². The number of fused-ring (bicyclic) bond motifs is 1. The molecule has 1 aromatic carbocycles. The molecule has 0 aliphatic carbocycles. The van der Waals surface area contributed by atoms with E-state index in [2.05, 4.69) is 63.1 Å². The van der Waals surface area contributed by atoms with Crippen LogP contribution in [-0.4, -0.2) is 9.97 Å². The van der Waals surface area contributed by atoms with Crippen molar-refractivity contribution in [1.29, 1.82) is 0 Å². The van der Waals surface area contributed by atoms with E-state index in [0.29, 0.717) is 0 Å². The average Bonchev–Trinajstić information content (AvgIpc) is 2.41. The molecule has 3 rings (SSSR count). The van der Waals surface area contributed by atoms with Crippen molar-refractivity contribution in [3.63, 3.8) is 0 Å². The molecule has 2 aromatic heterocycles. The highest BCUT2D eigenvalue weighted by molar-refractivity contribution is 9.11. The normalized spacial score (nSPS) is 10.8. The number of halogens is 3. The average molecular weight is 458 g/mol. The Bertz CT molecular complexity index is 790. The van der Waals surface area contributed by atoms with Gasteiger partial charge >= 0.3 is 0 Å². The second kappa shape index (κ2) is 5.79. The van der Waals surface area contributed by atoms with Crippen molar-refractivity contribution in [3.05, 3.63) is 56.1 Å². The van der Waals surface area contributed by atoms with E-state index in [-0.39, 0.29) is 0 Å². The molecule has 1 N–H and O–H groups in total.